The van der Waals surface area contributed by atoms with Crippen LogP contribution in [0.1, 0.15) is 42.4 Å². The Balaban J connectivity index is 1.67. The van der Waals surface area contributed by atoms with Crippen LogP contribution >= 0.6 is 0 Å². The summed E-state index contributed by atoms with van der Waals surface area (Å²) in [5, 5.41) is 17.9. The van der Waals surface area contributed by atoms with Crippen molar-refractivity contribution in [1.82, 2.24) is 29.8 Å². The van der Waals surface area contributed by atoms with Crippen LogP contribution in [0.15, 0.2) is 24.4 Å². The van der Waals surface area contributed by atoms with Crippen LogP contribution in [-0.2, 0) is 26.9 Å². The first-order chi connectivity index (χ1) is 14.7. The number of aryl methyl sites for hydroxylation is 3. The van der Waals surface area contributed by atoms with Crippen molar-refractivity contribution in [2.24, 2.45) is 14.1 Å². The summed E-state index contributed by atoms with van der Waals surface area (Å²) < 4.78 is 10.00. The van der Waals surface area contributed by atoms with E-state index < -0.39 is 0 Å². The third kappa shape index (κ3) is 3.10. The molecule has 0 amide bonds. The zero-order chi connectivity index (χ0) is 20.7. The van der Waals surface area contributed by atoms with Gasteiger partial charge in [-0.1, -0.05) is 13.0 Å². The van der Waals surface area contributed by atoms with Gasteiger partial charge < -0.3 is 4.74 Å². The lowest BCUT2D eigenvalue weighted by atomic mass is 10.0. The van der Waals surface area contributed by atoms with Crippen LogP contribution in [0.4, 0.5) is 0 Å². The molecule has 0 fully saturated rings. The topological polar surface area (TPSA) is 73.5 Å². The van der Waals surface area contributed by atoms with Crippen molar-refractivity contribution in [2.75, 3.05) is 6.61 Å². The highest BCUT2D eigenvalue weighted by Gasteiger charge is 2.16. The van der Waals surface area contributed by atoms with Gasteiger partial charge in [0.15, 0.2) is 0 Å². The maximum Gasteiger partial charge on any atom is 0.219 e. The largest absolute Gasteiger partial charge is 0.477 e. The van der Waals surface area contributed by atoms with E-state index in [-0.39, 0.29) is 0 Å². The van der Waals surface area contributed by atoms with Gasteiger partial charge in [-0.25, -0.2) is 4.68 Å². The molecule has 0 saturated heterocycles. The summed E-state index contributed by atoms with van der Waals surface area (Å²) in [6.07, 6.45) is 10.1. The van der Waals surface area contributed by atoms with Crippen LogP contribution in [0.25, 0.3) is 34.2 Å². The fourth-order valence-electron chi connectivity index (χ4n) is 4.24. The van der Waals surface area contributed by atoms with E-state index >= 15 is 0 Å². The quantitative estimate of drug-likeness (QED) is 0.519. The molecule has 7 nitrogen and oxygen atoms in total. The van der Waals surface area contributed by atoms with Gasteiger partial charge in [-0.3, -0.25) is 9.78 Å². The smallest absolute Gasteiger partial charge is 0.219 e. The minimum absolute atomic E-state index is 0.662. The zero-order valence-electron chi connectivity index (χ0n) is 17.6. The number of aromatic amines is 1. The van der Waals surface area contributed by atoms with Crippen LogP contribution in [-0.4, -0.2) is 36.4 Å². The molecule has 0 radical (unpaired) electrons. The molecule has 1 N–H and O–H groups in total. The lowest BCUT2D eigenvalue weighted by Crippen LogP contribution is -2.05. The molecule has 0 spiro atoms. The number of aromatic nitrogens is 6. The van der Waals surface area contributed by atoms with Gasteiger partial charge in [-0.2, -0.15) is 15.3 Å². The normalized spacial score (nSPS) is 15.3. The average molecular weight is 403 g/mol. The van der Waals surface area contributed by atoms with Gasteiger partial charge in [0.05, 0.1) is 35.3 Å². The maximum atomic E-state index is 6.17. The molecule has 7 heteroatoms. The first-order valence-corrected chi connectivity index (χ1v) is 10.5. The molecule has 0 unspecified atom stereocenters. The summed E-state index contributed by atoms with van der Waals surface area (Å²) in [5.74, 6) is 0.805. The lowest BCUT2D eigenvalue weighted by molar-refractivity contribution is 0.282. The summed E-state index contributed by atoms with van der Waals surface area (Å²) >= 11 is 0. The van der Waals surface area contributed by atoms with Crippen LogP contribution in [0.5, 0.6) is 5.88 Å². The number of hydrogen-bond donors (Lipinski definition) is 1. The fourth-order valence-corrected chi connectivity index (χ4v) is 4.24. The van der Waals surface area contributed by atoms with E-state index in [0.29, 0.717) is 6.61 Å². The van der Waals surface area contributed by atoms with E-state index in [1.54, 1.807) is 4.68 Å². The molecule has 4 aromatic rings. The van der Waals surface area contributed by atoms with Crippen molar-refractivity contribution in [1.29, 1.82) is 0 Å². The summed E-state index contributed by atoms with van der Waals surface area (Å²) in [4.78, 5) is 0. The second-order valence-electron chi connectivity index (χ2n) is 7.78. The number of rotatable bonds is 1. The van der Waals surface area contributed by atoms with Crippen LogP contribution in [0.3, 0.4) is 0 Å². The molecule has 30 heavy (non-hydrogen) atoms. The maximum absolute atomic E-state index is 6.17. The van der Waals surface area contributed by atoms with Crippen molar-refractivity contribution in [3.8, 4) is 17.0 Å². The molecule has 4 heterocycles. The monoisotopic (exact) mass is 402 g/mol. The molecule has 0 aliphatic carbocycles. The highest BCUT2D eigenvalue weighted by molar-refractivity contribution is 5.93. The fraction of sp³-hybridized carbons (Fsp3) is 0.348. The molecule has 154 valence electrons. The van der Waals surface area contributed by atoms with Gasteiger partial charge in [0.1, 0.15) is 0 Å². The minimum Gasteiger partial charge on any atom is -0.477 e. The van der Waals surface area contributed by atoms with Crippen molar-refractivity contribution in [3.05, 3.63) is 47.0 Å². The number of nitrogens with one attached hydrogen (secondary N) is 1. The molecule has 1 aromatic carbocycles. The van der Waals surface area contributed by atoms with E-state index in [0.717, 1.165) is 65.0 Å². The molecular formula is C23H26N6O. The van der Waals surface area contributed by atoms with Gasteiger partial charge >= 0.3 is 0 Å². The first-order valence-electron chi connectivity index (χ1n) is 10.5. The molecule has 1 aliphatic rings. The third-order valence-corrected chi connectivity index (χ3v) is 5.86. The van der Waals surface area contributed by atoms with Gasteiger partial charge in [-0.05, 0) is 55.5 Å². The van der Waals surface area contributed by atoms with Crippen LogP contribution in [0.2, 0.25) is 0 Å². The second kappa shape index (κ2) is 7.48. The Morgan fingerprint density at radius 1 is 1.13 bits per heavy atom. The predicted molar refractivity (Wildman–Crippen MR) is 118 cm³/mol. The standard InChI is InChI=1S/C23H26N6O/c1-4-19-16-9-11-21-17-13-15(8-10-20(17)25-26-21)18-14-24-29(3)23(18)30-12-6-5-7-22(16)28(2)27-19/h8-11,13-14H,4-7,12H2,1-3H3,(H,25,26)/b11-9+. The van der Waals surface area contributed by atoms with Crippen molar-refractivity contribution in [2.45, 2.75) is 32.6 Å². The Bertz CT molecular complexity index is 1240. The Hall–Kier alpha value is -3.35. The molecule has 0 saturated carbocycles. The summed E-state index contributed by atoms with van der Waals surface area (Å²) in [7, 11) is 3.96. The molecule has 0 atom stereocenters. The van der Waals surface area contributed by atoms with E-state index in [1.165, 1.54) is 11.3 Å². The summed E-state index contributed by atoms with van der Waals surface area (Å²) in [5.41, 5.74) is 7.64. The molecule has 3 aromatic heterocycles. The molecule has 5 rings (SSSR count). The lowest BCUT2D eigenvalue weighted by Gasteiger charge is -2.10. The van der Waals surface area contributed by atoms with E-state index in [1.807, 2.05) is 31.0 Å². The highest BCUT2D eigenvalue weighted by atomic mass is 16.5. The Kier molecular flexibility index (Phi) is 4.65. The van der Waals surface area contributed by atoms with E-state index in [2.05, 4.69) is 46.5 Å². The van der Waals surface area contributed by atoms with Gasteiger partial charge in [0, 0.05) is 30.7 Å². The summed E-state index contributed by atoms with van der Waals surface area (Å²) in [6, 6.07) is 6.28. The second-order valence-corrected chi connectivity index (χ2v) is 7.78. The molecule has 2 bridgehead atoms. The third-order valence-electron chi connectivity index (χ3n) is 5.86. The average Bonchev–Trinajstić information content (AvgIpc) is 3.41. The number of hydrogen-bond acceptors (Lipinski definition) is 4. The number of H-pyrrole nitrogens is 1. The van der Waals surface area contributed by atoms with Crippen LogP contribution < -0.4 is 4.74 Å². The predicted octanol–water partition coefficient (Wildman–Crippen LogP) is 4.14. The van der Waals surface area contributed by atoms with E-state index in [9.17, 15) is 0 Å². The molecular weight excluding hydrogens is 376 g/mol. The molecule has 1 aliphatic heterocycles. The minimum atomic E-state index is 0.662. The number of ether oxygens (including phenoxy) is 1. The van der Waals surface area contributed by atoms with Crippen molar-refractivity contribution in [3.63, 3.8) is 0 Å². The van der Waals surface area contributed by atoms with Gasteiger partial charge in [0.25, 0.3) is 0 Å². The number of benzene rings is 1. The van der Waals surface area contributed by atoms with Crippen LogP contribution in [0, 0.1) is 0 Å². The van der Waals surface area contributed by atoms with Gasteiger partial charge in [-0.15, -0.1) is 0 Å². The number of nitrogens with zero attached hydrogens (tertiary/aromatic N) is 5. The van der Waals surface area contributed by atoms with Crippen molar-refractivity contribution >= 4 is 23.1 Å². The Morgan fingerprint density at radius 2 is 2.03 bits per heavy atom. The Labute approximate surface area is 175 Å². The van der Waals surface area contributed by atoms with Gasteiger partial charge in [0.2, 0.25) is 5.88 Å². The van der Waals surface area contributed by atoms with Crippen molar-refractivity contribution < 1.29 is 4.74 Å². The summed E-state index contributed by atoms with van der Waals surface area (Å²) in [6.45, 7) is 2.82. The van der Waals surface area contributed by atoms with E-state index in [4.69, 9.17) is 9.84 Å². The Morgan fingerprint density at radius 3 is 2.90 bits per heavy atom. The SMILES string of the molecule is CCc1nn(C)c2c1/C=C/c1[nH]nc3ccc(cc13)-c1cnn(C)c1OCCCC2. The first kappa shape index (κ1) is 18.7. The zero-order valence-corrected chi connectivity index (χ0v) is 17.6. The highest BCUT2D eigenvalue weighted by Crippen LogP contribution is 2.33. The number of fused-ring (bicyclic) bond motifs is 4.